The van der Waals surface area contributed by atoms with Gasteiger partial charge in [0.2, 0.25) is 5.91 Å². The van der Waals surface area contributed by atoms with Crippen LogP contribution in [0.25, 0.3) is 0 Å². The number of amides is 1. The van der Waals surface area contributed by atoms with E-state index in [9.17, 15) is 4.79 Å². The minimum atomic E-state index is -0.226. The molecule has 2 aliphatic rings. The molecule has 0 saturated carbocycles. The fraction of sp³-hybridized carbons (Fsp3) is 0.824. The average molecular weight is 335 g/mol. The van der Waals surface area contributed by atoms with Gasteiger partial charge >= 0.3 is 0 Å². The highest BCUT2D eigenvalue weighted by molar-refractivity contribution is 5.81. The molecule has 1 amide bonds. The lowest BCUT2D eigenvalue weighted by Gasteiger charge is -2.36. The number of nitrogens with zero attached hydrogens (tertiary/aromatic N) is 4. The second-order valence-electron chi connectivity index (χ2n) is 6.76. The zero-order chi connectivity index (χ0) is 16.9. The van der Waals surface area contributed by atoms with Gasteiger partial charge in [0.05, 0.1) is 19.2 Å². The molecule has 1 aromatic rings. The Hall–Kier alpha value is -1.47. The van der Waals surface area contributed by atoms with Gasteiger partial charge in [0.15, 0.2) is 5.82 Å². The summed E-state index contributed by atoms with van der Waals surface area (Å²) in [5, 5.41) is 7.17. The highest BCUT2D eigenvalue weighted by Crippen LogP contribution is 2.21. The molecular weight excluding hydrogens is 306 g/mol. The Morgan fingerprint density at radius 2 is 2.04 bits per heavy atom. The topological polar surface area (TPSA) is 74.3 Å². The number of hydrogen-bond donors (Lipinski definition) is 1. The van der Waals surface area contributed by atoms with Crippen LogP contribution in [0.5, 0.6) is 0 Å². The summed E-state index contributed by atoms with van der Waals surface area (Å²) in [5.74, 6) is 1.72. The van der Waals surface area contributed by atoms with Crippen molar-refractivity contribution in [1.82, 2.24) is 25.0 Å². The number of H-pyrrole nitrogens is 1. The lowest BCUT2D eigenvalue weighted by atomic mass is 10.2. The van der Waals surface area contributed by atoms with Crippen molar-refractivity contribution in [1.29, 1.82) is 0 Å². The Kier molecular flexibility index (Phi) is 5.84. The van der Waals surface area contributed by atoms with Crippen LogP contribution >= 0.6 is 0 Å². The molecule has 7 heteroatoms. The smallest absolute Gasteiger partial charge is 0.239 e. The Morgan fingerprint density at radius 1 is 1.29 bits per heavy atom. The van der Waals surface area contributed by atoms with Crippen molar-refractivity contribution in [2.45, 2.75) is 58.1 Å². The summed E-state index contributed by atoms with van der Waals surface area (Å²) in [5.41, 5.74) is 0. The molecule has 2 aliphatic heterocycles. The second kappa shape index (κ2) is 8.07. The van der Waals surface area contributed by atoms with Crippen LogP contribution in [0, 0.1) is 0 Å². The molecule has 3 rings (SSSR count). The molecule has 24 heavy (non-hydrogen) atoms. The van der Waals surface area contributed by atoms with E-state index < -0.39 is 0 Å². The third-order valence-corrected chi connectivity index (χ3v) is 5.10. The number of rotatable bonds is 4. The molecule has 2 fully saturated rings. The van der Waals surface area contributed by atoms with E-state index in [2.05, 4.69) is 20.1 Å². The van der Waals surface area contributed by atoms with Crippen LogP contribution in [-0.2, 0) is 16.0 Å². The van der Waals surface area contributed by atoms with E-state index in [1.54, 1.807) is 0 Å². The standard InChI is InChI=1S/C17H29N5O2/c1-3-15-18-16(20-19-15)14-12-22(10-11-24-14)17(23)13(2)21-8-6-4-5-7-9-21/h13-14H,3-12H2,1-2H3,(H,18,19,20)/t13-,14+/m0/s1. The monoisotopic (exact) mass is 335 g/mol. The van der Waals surface area contributed by atoms with Gasteiger partial charge in [-0.1, -0.05) is 19.8 Å². The molecule has 2 saturated heterocycles. The molecule has 0 spiro atoms. The van der Waals surface area contributed by atoms with Gasteiger partial charge in [-0.2, -0.15) is 5.10 Å². The summed E-state index contributed by atoms with van der Waals surface area (Å²) >= 11 is 0. The van der Waals surface area contributed by atoms with Crippen LogP contribution in [0.2, 0.25) is 0 Å². The highest BCUT2D eigenvalue weighted by atomic mass is 16.5. The summed E-state index contributed by atoms with van der Waals surface area (Å²) in [7, 11) is 0. The Morgan fingerprint density at radius 3 is 2.71 bits per heavy atom. The number of carbonyl (C=O) groups excluding carboxylic acids is 1. The van der Waals surface area contributed by atoms with Gasteiger partial charge in [0, 0.05) is 13.0 Å². The van der Waals surface area contributed by atoms with Gasteiger partial charge in [0.1, 0.15) is 11.9 Å². The Labute approximate surface area is 143 Å². The van der Waals surface area contributed by atoms with E-state index >= 15 is 0 Å². The summed E-state index contributed by atoms with van der Waals surface area (Å²) in [6.45, 7) is 7.86. The van der Waals surface area contributed by atoms with Gasteiger partial charge < -0.3 is 9.64 Å². The maximum Gasteiger partial charge on any atom is 0.239 e. The maximum atomic E-state index is 12.9. The lowest BCUT2D eigenvalue weighted by molar-refractivity contribution is -0.144. The van der Waals surface area contributed by atoms with Crippen LogP contribution in [0.15, 0.2) is 0 Å². The number of likely N-dealkylation sites (tertiary alicyclic amines) is 1. The van der Waals surface area contributed by atoms with Gasteiger partial charge in [-0.05, 0) is 32.9 Å². The van der Waals surface area contributed by atoms with E-state index in [1.807, 2.05) is 18.7 Å². The van der Waals surface area contributed by atoms with E-state index in [0.29, 0.717) is 25.5 Å². The van der Waals surface area contributed by atoms with Crippen molar-refractivity contribution in [3.05, 3.63) is 11.6 Å². The SMILES string of the molecule is CCc1nc([C@H]2CN(C(=O)[C@H](C)N3CCCCCC3)CCO2)n[nH]1. The molecule has 3 heterocycles. The number of hydrogen-bond acceptors (Lipinski definition) is 5. The largest absolute Gasteiger partial charge is 0.366 e. The van der Waals surface area contributed by atoms with Gasteiger partial charge in [-0.15, -0.1) is 0 Å². The molecule has 7 nitrogen and oxygen atoms in total. The van der Waals surface area contributed by atoms with Crippen LogP contribution < -0.4 is 0 Å². The first kappa shape index (κ1) is 17.4. The molecule has 0 aliphatic carbocycles. The highest BCUT2D eigenvalue weighted by Gasteiger charge is 2.32. The van der Waals surface area contributed by atoms with E-state index in [1.165, 1.54) is 25.7 Å². The molecule has 0 radical (unpaired) electrons. The quantitative estimate of drug-likeness (QED) is 0.903. The molecule has 0 bridgehead atoms. The average Bonchev–Trinajstić information content (AvgIpc) is 2.95. The molecule has 134 valence electrons. The molecule has 1 N–H and O–H groups in total. The molecule has 0 aromatic carbocycles. The number of ether oxygens (including phenoxy) is 1. The van der Waals surface area contributed by atoms with Crippen molar-refractivity contribution < 1.29 is 9.53 Å². The second-order valence-corrected chi connectivity index (χ2v) is 6.76. The zero-order valence-corrected chi connectivity index (χ0v) is 14.8. The van der Waals surface area contributed by atoms with Gasteiger partial charge in [-0.3, -0.25) is 14.8 Å². The minimum Gasteiger partial charge on any atom is -0.366 e. The van der Waals surface area contributed by atoms with Gasteiger partial charge in [0.25, 0.3) is 0 Å². The zero-order valence-electron chi connectivity index (χ0n) is 14.8. The molecule has 0 unspecified atom stereocenters. The van der Waals surface area contributed by atoms with E-state index in [4.69, 9.17) is 4.74 Å². The van der Waals surface area contributed by atoms with Gasteiger partial charge in [-0.25, -0.2) is 4.98 Å². The maximum absolute atomic E-state index is 12.9. The summed E-state index contributed by atoms with van der Waals surface area (Å²) in [6, 6.07) is -0.0554. The first-order valence-electron chi connectivity index (χ1n) is 9.24. The van der Waals surface area contributed by atoms with Crippen LogP contribution in [0.3, 0.4) is 0 Å². The summed E-state index contributed by atoms with van der Waals surface area (Å²) in [6.07, 6.45) is 5.54. The third-order valence-electron chi connectivity index (χ3n) is 5.10. The first-order valence-corrected chi connectivity index (χ1v) is 9.24. The number of aromatic nitrogens is 3. The van der Waals surface area contributed by atoms with Crippen molar-refractivity contribution >= 4 is 5.91 Å². The van der Waals surface area contributed by atoms with Crippen molar-refractivity contribution in [2.75, 3.05) is 32.8 Å². The molecular formula is C17H29N5O2. The Balaban J connectivity index is 1.61. The van der Waals surface area contributed by atoms with Crippen LogP contribution in [0.4, 0.5) is 0 Å². The van der Waals surface area contributed by atoms with E-state index in [0.717, 1.165) is 25.3 Å². The number of carbonyl (C=O) groups is 1. The first-order chi connectivity index (χ1) is 11.7. The summed E-state index contributed by atoms with van der Waals surface area (Å²) < 4.78 is 5.79. The number of morpholine rings is 1. The van der Waals surface area contributed by atoms with Crippen molar-refractivity contribution in [2.24, 2.45) is 0 Å². The number of nitrogens with one attached hydrogen (secondary N) is 1. The fourth-order valence-corrected chi connectivity index (χ4v) is 3.52. The normalized spacial score (nSPS) is 24.6. The minimum absolute atomic E-state index is 0.0554. The third kappa shape index (κ3) is 3.95. The predicted molar refractivity (Wildman–Crippen MR) is 90.5 cm³/mol. The molecule has 2 atom stereocenters. The Bertz CT molecular complexity index is 539. The number of aryl methyl sites for hydroxylation is 1. The van der Waals surface area contributed by atoms with Crippen LogP contribution in [0.1, 0.15) is 57.3 Å². The molecule has 1 aromatic heterocycles. The predicted octanol–water partition coefficient (Wildman–Crippen LogP) is 1.53. The fourth-order valence-electron chi connectivity index (χ4n) is 3.52. The summed E-state index contributed by atoms with van der Waals surface area (Å²) in [4.78, 5) is 21.6. The number of aromatic amines is 1. The van der Waals surface area contributed by atoms with E-state index in [-0.39, 0.29) is 18.1 Å². The van der Waals surface area contributed by atoms with Crippen molar-refractivity contribution in [3.63, 3.8) is 0 Å². The van der Waals surface area contributed by atoms with Crippen LogP contribution in [-0.4, -0.2) is 69.7 Å². The van der Waals surface area contributed by atoms with Crippen molar-refractivity contribution in [3.8, 4) is 0 Å². The lowest BCUT2D eigenvalue weighted by Crippen LogP contribution is -2.51.